The van der Waals surface area contributed by atoms with Gasteiger partial charge in [-0.1, -0.05) is 140 Å². The Hall–Kier alpha value is -6.44. The Morgan fingerprint density at radius 3 is 1.59 bits per heavy atom. The van der Waals surface area contributed by atoms with Crippen LogP contribution in [0.25, 0.3) is 109 Å². The number of hydrogen-bond acceptors (Lipinski definition) is 1. The van der Waals surface area contributed by atoms with Crippen LogP contribution in [-0.4, -0.2) is 0 Å². The first kappa shape index (κ1) is 26.6. The summed E-state index contributed by atoms with van der Waals surface area (Å²) in [6, 6.07) is 62.2. The molecule has 0 fully saturated rings. The summed E-state index contributed by atoms with van der Waals surface area (Å²) in [5.74, 6) is 0. The monoisotopic (exact) mass is 620 g/mol. The first-order valence-corrected chi connectivity index (χ1v) is 16.9. The van der Waals surface area contributed by atoms with E-state index in [-0.39, 0.29) is 0 Å². The standard InChI is InChI=1S/C48H28O/c1-2-10-32-27-33(21-19-29(32)9-1)34-22-20-30-11-7-17-39(42(30)28-34)46-35-13-3-5-15-37(35)47(38-16-6-4-14-36(38)46)40-25-26-44-48-41(40)24-23-31-12-8-18-43(49-44)45(31)48/h1-28H. The Bertz CT molecular complexity index is 3050. The molecular formula is C48H28O. The summed E-state index contributed by atoms with van der Waals surface area (Å²) in [5.41, 5.74) is 9.36. The number of hydrogen-bond donors (Lipinski definition) is 0. The fourth-order valence-electron chi connectivity index (χ4n) is 8.41. The summed E-state index contributed by atoms with van der Waals surface area (Å²) in [4.78, 5) is 0. The molecule has 0 bridgehead atoms. The first-order chi connectivity index (χ1) is 24.3. The van der Waals surface area contributed by atoms with Crippen LogP contribution in [-0.2, 0) is 0 Å². The number of furan rings is 1. The molecule has 0 aliphatic heterocycles. The first-order valence-electron chi connectivity index (χ1n) is 16.9. The molecule has 11 aromatic rings. The highest BCUT2D eigenvalue weighted by Crippen LogP contribution is 2.48. The predicted molar refractivity (Wildman–Crippen MR) is 209 cm³/mol. The lowest BCUT2D eigenvalue weighted by Crippen LogP contribution is -1.92. The normalized spacial score (nSPS) is 12.1. The molecule has 0 unspecified atom stereocenters. The highest BCUT2D eigenvalue weighted by Gasteiger charge is 2.21. The molecule has 0 aliphatic carbocycles. The fourth-order valence-corrected chi connectivity index (χ4v) is 8.41. The molecule has 0 saturated carbocycles. The average Bonchev–Trinajstić information content (AvgIpc) is 3.55. The van der Waals surface area contributed by atoms with Crippen LogP contribution >= 0.6 is 0 Å². The molecule has 0 amide bonds. The van der Waals surface area contributed by atoms with E-state index in [4.69, 9.17) is 4.42 Å². The van der Waals surface area contributed by atoms with Crippen molar-refractivity contribution in [3.8, 4) is 33.4 Å². The lowest BCUT2D eigenvalue weighted by Gasteiger charge is -2.20. The summed E-state index contributed by atoms with van der Waals surface area (Å²) in [6.07, 6.45) is 0. The summed E-state index contributed by atoms with van der Waals surface area (Å²) in [5, 5.41) is 14.9. The summed E-state index contributed by atoms with van der Waals surface area (Å²) in [6.45, 7) is 0. The summed E-state index contributed by atoms with van der Waals surface area (Å²) in [7, 11) is 0. The van der Waals surface area contributed by atoms with E-state index in [1.54, 1.807) is 0 Å². The zero-order valence-corrected chi connectivity index (χ0v) is 26.6. The van der Waals surface area contributed by atoms with Crippen molar-refractivity contribution in [1.82, 2.24) is 0 Å². The van der Waals surface area contributed by atoms with E-state index in [0.29, 0.717) is 0 Å². The van der Waals surface area contributed by atoms with Gasteiger partial charge in [-0.25, -0.2) is 0 Å². The van der Waals surface area contributed by atoms with E-state index in [1.807, 2.05) is 0 Å². The Balaban J connectivity index is 1.21. The third kappa shape index (κ3) is 3.82. The van der Waals surface area contributed by atoms with Crippen molar-refractivity contribution < 1.29 is 4.42 Å². The van der Waals surface area contributed by atoms with Gasteiger partial charge in [-0.05, 0) is 118 Å². The minimum absolute atomic E-state index is 0.939. The molecular weight excluding hydrogens is 593 g/mol. The Kier molecular flexibility index (Phi) is 5.45. The molecule has 0 radical (unpaired) electrons. The molecule has 0 atom stereocenters. The smallest absolute Gasteiger partial charge is 0.136 e. The van der Waals surface area contributed by atoms with Gasteiger partial charge in [0.2, 0.25) is 0 Å². The molecule has 226 valence electrons. The SMILES string of the molecule is c1ccc2cc(-c3ccc4cccc(-c5c6ccccc6c(-c6ccc7oc8cccc9ccc6c7c98)c6ccccc56)c4c3)ccc2c1. The molecule has 10 aromatic carbocycles. The number of fused-ring (bicyclic) bond motifs is 4. The van der Waals surface area contributed by atoms with Crippen LogP contribution in [0.4, 0.5) is 0 Å². The highest BCUT2D eigenvalue weighted by atomic mass is 16.3. The van der Waals surface area contributed by atoms with Crippen molar-refractivity contribution in [2.45, 2.75) is 0 Å². The second-order valence-electron chi connectivity index (χ2n) is 13.2. The van der Waals surface area contributed by atoms with Crippen LogP contribution in [0.15, 0.2) is 174 Å². The Labute approximate surface area is 282 Å². The van der Waals surface area contributed by atoms with E-state index in [9.17, 15) is 0 Å². The van der Waals surface area contributed by atoms with Gasteiger partial charge in [0, 0.05) is 10.8 Å². The largest absolute Gasteiger partial charge is 0.456 e. The molecule has 49 heavy (non-hydrogen) atoms. The number of benzene rings is 10. The molecule has 1 nitrogen and oxygen atoms in total. The van der Waals surface area contributed by atoms with Crippen LogP contribution in [0.3, 0.4) is 0 Å². The summed E-state index contributed by atoms with van der Waals surface area (Å²) < 4.78 is 6.36. The van der Waals surface area contributed by atoms with Gasteiger partial charge >= 0.3 is 0 Å². The zero-order valence-electron chi connectivity index (χ0n) is 26.6. The maximum absolute atomic E-state index is 6.36. The second-order valence-corrected chi connectivity index (χ2v) is 13.2. The lowest BCUT2D eigenvalue weighted by atomic mass is 9.83. The number of rotatable bonds is 3. The maximum Gasteiger partial charge on any atom is 0.136 e. The van der Waals surface area contributed by atoms with Crippen molar-refractivity contribution in [1.29, 1.82) is 0 Å². The Morgan fingerprint density at radius 2 is 0.837 bits per heavy atom. The van der Waals surface area contributed by atoms with Crippen LogP contribution in [0.1, 0.15) is 0 Å². The third-order valence-corrected chi connectivity index (χ3v) is 10.6. The van der Waals surface area contributed by atoms with Crippen molar-refractivity contribution >= 4 is 75.8 Å². The van der Waals surface area contributed by atoms with Gasteiger partial charge in [-0.2, -0.15) is 0 Å². The van der Waals surface area contributed by atoms with Gasteiger partial charge in [0.25, 0.3) is 0 Å². The third-order valence-electron chi connectivity index (χ3n) is 10.6. The average molecular weight is 621 g/mol. The van der Waals surface area contributed by atoms with Crippen LogP contribution in [0.2, 0.25) is 0 Å². The highest BCUT2D eigenvalue weighted by molar-refractivity contribution is 6.29. The second kappa shape index (κ2) is 10.0. The fraction of sp³-hybridized carbons (Fsp3) is 0. The molecule has 1 heteroatoms. The molecule has 1 heterocycles. The molecule has 1 aromatic heterocycles. The van der Waals surface area contributed by atoms with E-state index >= 15 is 0 Å². The van der Waals surface area contributed by atoms with Crippen molar-refractivity contribution in [3.63, 3.8) is 0 Å². The molecule has 0 spiro atoms. The predicted octanol–water partition coefficient (Wildman–Crippen LogP) is 13.8. The van der Waals surface area contributed by atoms with E-state index in [0.717, 1.165) is 11.2 Å². The van der Waals surface area contributed by atoms with Gasteiger partial charge in [0.1, 0.15) is 11.2 Å². The zero-order chi connectivity index (χ0) is 32.1. The molecule has 0 aliphatic rings. The quantitative estimate of drug-likeness (QED) is 0.141. The van der Waals surface area contributed by atoms with Crippen molar-refractivity contribution in [3.05, 3.63) is 170 Å². The molecule has 0 saturated heterocycles. The minimum Gasteiger partial charge on any atom is -0.456 e. The van der Waals surface area contributed by atoms with Crippen molar-refractivity contribution in [2.24, 2.45) is 0 Å². The Morgan fingerprint density at radius 1 is 0.286 bits per heavy atom. The van der Waals surface area contributed by atoms with E-state index < -0.39 is 0 Å². The van der Waals surface area contributed by atoms with Crippen LogP contribution in [0, 0.1) is 0 Å². The lowest BCUT2D eigenvalue weighted by molar-refractivity contribution is 0.669. The molecule has 0 N–H and O–H groups in total. The van der Waals surface area contributed by atoms with E-state index in [1.165, 1.54) is 98.0 Å². The molecule has 11 rings (SSSR count). The van der Waals surface area contributed by atoms with Gasteiger partial charge < -0.3 is 4.42 Å². The van der Waals surface area contributed by atoms with Gasteiger partial charge in [0.15, 0.2) is 0 Å². The van der Waals surface area contributed by atoms with Crippen LogP contribution in [0.5, 0.6) is 0 Å². The maximum atomic E-state index is 6.36. The van der Waals surface area contributed by atoms with Gasteiger partial charge in [-0.3, -0.25) is 0 Å². The van der Waals surface area contributed by atoms with Crippen LogP contribution < -0.4 is 0 Å². The van der Waals surface area contributed by atoms with Gasteiger partial charge in [0.05, 0.1) is 0 Å². The van der Waals surface area contributed by atoms with Crippen molar-refractivity contribution in [2.75, 3.05) is 0 Å². The van der Waals surface area contributed by atoms with Gasteiger partial charge in [-0.15, -0.1) is 0 Å². The topological polar surface area (TPSA) is 13.1 Å². The minimum atomic E-state index is 0.939. The van der Waals surface area contributed by atoms with E-state index in [2.05, 4.69) is 170 Å². The summed E-state index contributed by atoms with van der Waals surface area (Å²) >= 11 is 0.